The van der Waals surface area contributed by atoms with E-state index in [2.05, 4.69) is 103 Å². The van der Waals surface area contributed by atoms with Crippen LogP contribution < -0.4 is 15.5 Å². The quantitative estimate of drug-likeness (QED) is 0.658. The first-order chi connectivity index (χ1) is 12.4. The monoisotopic (exact) mass is 384 g/mol. The molecule has 3 rings (SSSR count). The molecule has 26 heavy (non-hydrogen) atoms. The number of benzene rings is 1. The molecule has 0 fully saturated rings. The molecule has 0 heterocycles. The van der Waals surface area contributed by atoms with Gasteiger partial charge in [-0.05, 0) is 12.8 Å². The smallest absolute Gasteiger partial charge is 0.101 e. The van der Waals surface area contributed by atoms with Gasteiger partial charge in [0.25, 0.3) is 0 Å². The van der Waals surface area contributed by atoms with E-state index in [1.165, 1.54) is 5.30 Å². The van der Waals surface area contributed by atoms with E-state index in [4.69, 9.17) is 11.8 Å². The summed E-state index contributed by atoms with van der Waals surface area (Å²) >= 11 is 6.21. The highest BCUT2D eigenvalue weighted by Crippen LogP contribution is 2.40. The second kappa shape index (κ2) is 8.19. The van der Waals surface area contributed by atoms with E-state index < -0.39 is 6.34 Å². The van der Waals surface area contributed by atoms with Gasteiger partial charge < -0.3 is 0 Å². The van der Waals surface area contributed by atoms with Gasteiger partial charge in [-0.3, -0.25) is 10.2 Å². The van der Waals surface area contributed by atoms with E-state index in [-0.39, 0.29) is 10.8 Å². The van der Waals surface area contributed by atoms with Crippen LogP contribution >= 0.6 is 6.34 Å². The second-order valence-electron chi connectivity index (χ2n) is 7.91. The molecule has 2 atom stereocenters. The zero-order chi connectivity index (χ0) is 18.5. The fraction of sp³-hybridized carbons (Fsp3) is 0.364. The maximum absolute atomic E-state index is 6.21. The molecule has 0 amide bonds. The van der Waals surface area contributed by atoms with Crippen molar-refractivity contribution < 1.29 is 0 Å². The van der Waals surface area contributed by atoms with Gasteiger partial charge in [-0.15, -0.1) is 0 Å². The van der Waals surface area contributed by atoms with Crippen LogP contribution in [0.5, 0.6) is 0 Å². The van der Waals surface area contributed by atoms with E-state index >= 15 is 0 Å². The van der Waals surface area contributed by atoms with Gasteiger partial charge in [0, 0.05) is 29.2 Å². The first-order valence-electron chi connectivity index (χ1n) is 9.28. The van der Waals surface area contributed by atoms with Gasteiger partial charge in [0.1, 0.15) is 6.34 Å². The molecule has 2 aliphatic carbocycles. The van der Waals surface area contributed by atoms with E-state index in [0.29, 0.717) is 0 Å². The summed E-state index contributed by atoms with van der Waals surface area (Å²) in [7, 11) is 0. The van der Waals surface area contributed by atoms with Crippen molar-refractivity contribution in [2.45, 2.75) is 26.7 Å². The van der Waals surface area contributed by atoms with Gasteiger partial charge in [-0.1, -0.05) is 105 Å². The Kier molecular flexibility index (Phi) is 6.14. The number of hydrogen-bond acceptors (Lipinski definition) is 1. The third-order valence-corrected chi connectivity index (χ3v) is 8.83. The van der Waals surface area contributed by atoms with Crippen molar-refractivity contribution in [2.24, 2.45) is 10.8 Å². The predicted octanol–water partition coefficient (Wildman–Crippen LogP) is 4.85. The van der Waals surface area contributed by atoms with E-state index in [9.17, 15) is 0 Å². The van der Waals surface area contributed by atoms with Crippen LogP contribution in [0.4, 0.5) is 0 Å². The van der Waals surface area contributed by atoms with Crippen molar-refractivity contribution in [3.8, 4) is 0 Å². The molecular formula is C22H29N2PS. The number of rotatable bonds is 7. The average molecular weight is 385 g/mol. The van der Waals surface area contributed by atoms with Crippen LogP contribution in [0.3, 0.4) is 0 Å². The summed E-state index contributed by atoms with van der Waals surface area (Å²) in [4.78, 5) is 0. The van der Waals surface area contributed by atoms with Gasteiger partial charge in [-0.2, -0.15) is 0 Å². The van der Waals surface area contributed by atoms with Crippen LogP contribution in [0.1, 0.15) is 26.7 Å². The summed E-state index contributed by atoms with van der Waals surface area (Å²) in [6, 6.07) is 10.5. The molecule has 2 aliphatic rings. The molecule has 2 N–H and O–H groups in total. The largest absolute Gasteiger partial charge is 0.273 e. The van der Waals surface area contributed by atoms with Crippen molar-refractivity contribution in [3.63, 3.8) is 0 Å². The van der Waals surface area contributed by atoms with Crippen molar-refractivity contribution >= 4 is 23.5 Å². The van der Waals surface area contributed by atoms with Crippen LogP contribution in [0.15, 0.2) is 78.9 Å². The lowest BCUT2D eigenvalue weighted by atomic mass is 9.84. The fourth-order valence-corrected chi connectivity index (χ4v) is 6.26. The Morgan fingerprint density at radius 3 is 1.77 bits per heavy atom. The fourth-order valence-electron chi connectivity index (χ4n) is 3.27. The Morgan fingerprint density at radius 1 is 0.846 bits per heavy atom. The topological polar surface area (TPSA) is 24.1 Å². The summed E-state index contributed by atoms with van der Waals surface area (Å²) in [5.41, 5.74) is 0.235. The summed E-state index contributed by atoms with van der Waals surface area (Å²) in [5.74, 6) is 0. The zero-order valence-electron chi connectivity index (χ0n) is 15.7. The van der Waals surface area contributed by atoms with Gasteiger partial charge in [0.15, 0.2) is 0 Å². The van der Waals surface area contributed by atoms with Gasteiger partial charge in [-0.25, -0.2) is 0 Å². The first kappa shape index (κ1) is 19.5. The SMILES string of the molecule is CC1(CNP(=S)(NCC2(C)C=CC=CC2)c2ccccc2)C=CC=CC1. The first-order valence-corrected chi connectivity index (χ1v) is 12.1. The number of allylic oxidation sites excluding steroid dienone is 6. The average Bonchev–Trinajstić information content (AvgIpc) is 2.67. The molecule has 138 valence electrons. The maximum Gasteiger partial charge on any atom is 0.101 e. The summed E-state index contributed by atoms with van der Waals surface area (Å²) in [5, 5.41) is 8.74. The molecule has 2 unspecified atom stereocenters. The Labute approximate surface area is 163 Å². The normalized spacial score (nSPS) is 29.6. The second-order valence-corrected chi connectivity index (χ2v) is 11.9. The van der Waals surface area contributed by atoms with Crippen molar-refractivity contribution in [1.82, 2.24) is 10.2 Å². The minimum atomic E-state index is -2.07. The van der Waals surface area contributed by atoms with Crippen molar-refractivity contribution in [2.75, 3.05) is 13.1 Å². The lowest BCUT2D eigenvalue weighted by Crippen LogP contribution is -2.39. The van der Waals surface area contributed by atoms with Gasteiger partial charge >= 0.3 is 0 Å². The van der Waals surface area contributed by atoms with Crippen LogP contribution in [0, 0.1) is 10.8 Å². The summed E-state index contributed by atoms with van der Waals surface area (Å²) in [6.45, 7) is 6.33. The predicted molar refractivity (Wildman–Crippen MR) is 118 cm³/mol. The summed E-state index contributed by atoms with van der Waals surface area (Å²) < 4.78 is 0. The highest BCUT2D eigenvalue weighted by molar-refractivity contribution is 8.16. The molecule has 0 saturated carbocycles. The molecule has 0 radical (unpaired) electrons. The van der Waals surface area contributed by atoms with E-state index in [1.807, 2.05) is 0 Å². The number of nitrogens with one attached hydrogen (secondary N) is 2. The van der Waals surface area contributed by atoms with Crippen LogP contribution in [0.2, 0.25) is 0 Å². The minimum absolute atomic E-state index is 0.118. The van der Waals surface area contributed by atoms with Crippen molar-refractivity contribution in [1.29, 1.82) is 0 Å². The van der Waals surface area contributed by atoms with Crippen molar-refractivity contribution in [3.05, 3.63) is 78.9 Å². The van der Waals surface area contributed by atoms with Crippen LogP contribution in [-0.4, -0.2) is 13.1 Å². The Balaban J connectivity index is 1.75. The molecule has 0 aromatic heterocycles. The molecule has 4 heteroatoms. The molecule has 1 aromatic rings. The van der Waals surface area contributed by atoms with E-state index in [0.717, 1.165) is 25.9 Å². The van der Waals surface area contributed by atoms with Gasteiger partial charge in [0.05, 0.1) is 0 Å². The maximum atomic E-state index is 6.21. The minimum Gasteiger partial charge on any atom is -0.273 e. The molecule has 0 saturated heterocycles. The lowest BCUT2D eigenvalue weighted by molar-refractivity contribution is 0.419. The molecule has 2 nitrogen and oxygen atoms in total. The molecule has 0 aliphatic heterocycles. The van der Waals surface area contributed by atoms with Crippen LogP contribution in [-0.2, 0) is 11.8 Å². The zero-order valence-corrected chi connectivity index (χ0v) is 17.4. The Bertz CT molecular complexity index is 737. The Hall–Kier alpha value is -1.25. The summed E-state index contributed by atoms with van der Waals surface area (Å²) in [6.07, 6.45) is 17.6. The van der Waals surface area contributed by atoms with Gasteiger partial charge in [0.2, 0.25) is 0 Å². The standard InChI is InChI=1S/C22H29N2PS/c1-21(14-8-4-9-15-21)18-23-25(26,20-12-6-3-7-13-20)24-19-22(2)16-10-5-11-17-22/h3-14,16H,15,17-19H2,1-2H3,(H2,23,24,26). The third kappa shape index (κ3) is 4.92. The molecular weight excluding hydrogens is 355 g/mol. The highest BCUT2D eigenvalue weighted by atomic mass is 32.4. The Morgan fingerprint density at radius 2 is 1.35 bits per heavy atom. The number of hydrogen-bond donors (Lipinski definition) is 2. The van der Waals surface area contributed by atoms with E-state index in [1.54, 1.807) is 0 Å². The molecule has 0 spiro atoms. The molecule has 1 aromatic carbocycles. The lowest BCUT2D eigenvalue weighted by Gasteiger charge is -2.35. The molecule has 0 bridgehead atoms. The van der Waals surface area contributed by atoms with Crippen LogP contribution in [0.25, 0.3) is 0 Å². The highest BCUT2D eigenvalue weighted by Gasteiger charge is 2.29. The third-order valence-electron chi connectivity index (χ3n) is 5.19.